The number of H-pyrrole nitrogens is 1. The van der Waals surface area contributed by atoms with E-state index in [4.69, 9.17) is 4.74 Å². The maximum atomic E-state index is 11.3. The fraction of sp³-hybridized carbons (Fsp3) is 0.474. The van der Waals surface area contributed by atoms with Gasteiger partial charge in [-0.2, -0.15) is 0 Å². The van der Waals surface area contributed by atoms with Crippen molar-refractivity contribution >= 4 is 24.8 Å². The molecule has 1 fully saturated rings. The molecule has 2 N–H and O–H groups in total. The molecule has 1 saturated heterocycles. The van der Waals surface area contributed by atoms with E-state index in [2.05, 4.69) is 27.0 Å². The second-order valence-corrected chi connectivity index (χ2v) is 6.48. The van der Waals surface area contributed by atoms with Crippen molar-refractivity contribution in [3.05, 3.63) is 52.2 Å². The number of nitrogens with zero attached hydrogens (tertiary/aromatic N) is 2. The number of benzene rings is 1. The van der Waals surface area contributed by atoms with Gasteiger partial charge < -0.3 is 14.8 Å². The number of likely N-dealkylation sites (tertiary alicyclic amines) is 1. The topological polar surface area (TPSA) is 78.5 Å². The van der Waals surface area contributed by atoms with E-state index in [0.717, 1.165) is 18.7 Å². The van der Waals surface area contributed by atoms with Crippen LogP contribution in [0.5, 0.6) is 11.5 Å². The molecule has 0 saturated carbocycles. The number of nitrogens with one attached hydrogen (secondary N) is 1. The predicted molar refractivity (Wildman–Crippen MR) is 110 cm³/mol. The van der Waals surface area contributed by atoms with Crippen molar-refractivity contribution in [3.63, 3.8) is 0 Å². The number of halogens is 2. The number of rotatable bonds is 7. The van der Waals surface area contributed by atoms with Crippen LogP contribution in [0.25, 0.3) is 0 Å². The van der Waals surface area contributed by atoms with Crippen molar-refractivity contribution in [1.82, 2.24) is 14.9 Å². The molecule has 0 spiro atoms. The van der Waals surface area contributed by atoms with Crippen molar-refractivity contribution in [1.29, 1.82) is 0 Å². The van der Waals surface area contributed by atoms with E-state index < -0.39 is 5.56 Å². The Bertz CT molecular complexity index is 749. The highest BCUT2D eigenvalue weighted by atomic mass is 35.5. The van der Waals surface area contributed by atoms with Gasteiger partial charge in [-0.1, -0.05) is 18.6 Å². The maximum Gasteiger partial charge on any atom is 0.293 e. The molecule has 1 aromatic heterocycles. The summed E-state index contributed by atoms with van der Waals surface area (Å²) in [5.41, 5.74) is 0.778. The molecular formula is C19H27Cl2N3O3. The molecule has 0 radical (unpaired) electrons. The SMILES string of the molecule is Cl.Cl.O=c1[nH]c(CCCOc2cccc(CN3CCCCC3)c2)ncc1O. The molecule has 1 aliphatic rings. The minimum atomic E-state index is -0.503. The van der Waals surface area contributed by atoms with Crippen LogP contribution in [0.3, 0.4) is 0 Å². The smallest absolute Gasteiger partial charge is 0.293 e. The standard InChI is InChI=1S/C19H25N3O3.2ClH/c23-17-13-20-18(21-19(17)24)8-5-11-25-16-7-4-6-15(12-16)14-22-9-2-1-3-10-22;;/h4,6-7,12-13,23H,1-3,5,8-11,14H2,(H,20,21,24);2*1H. The number of aromatic hydroxyl groups is 1. The Hall–Kier alpha value is -1.76. The highest BCUT2D eigenvalue weighted by molar-refractivity contribution is 5.85. The molecule has 27 heavy (non-hydrogen) atoms. The van der Waals surface area contributed by atoms with Gasteiger partial charge in [-0.15, -0.1) is 24.8 Å². The van der Waals surface area contributed by atoms with Gasteiger partial charge in [0.1, 0.15) is 11.6 Å². The minimum Gasteiger partial charge on any atom is -0.502 e. The molecule has 150 valence electrons. The van der Waals surface area contributed by atoms with Crippen LogP contribution in [0.4, 0.5) is 0 Å². The molecule has 0 bridgehead atoms. The lowest BCUT2D eigenvalue weighted by Crippen LogP contribution is -2.29. The fourth-order valence-corrected chi connectivity index (χ4v) is 3.09. The molecular weight excluding hydrogens is 389 g/mol. The van der Waals surface area contributed by atoms with Gasteiger partial charge in [-0.05, 0) is 50.0 Å². The molecule has 3 rings (SSSR count). The van der Waals surface area contributed by atoms with Gasteiger partial charge in [0.2, 0.25) is 0 Å². The first-order valence-corrected chi connectivity index (χ1v) is 8.92. The van der Waals surface area contributed by atoms with E-state index in [1.807, 2.05) is 12.1 Å². The zero-order chi connectivity index (χ0) is 17.5. The first kappa shape index (κ1) is 23.3. The van der Waals surface area contributed by atoms with Gasteiger partial charge in [0, 0.05) is 13.0 Å². The summed E-state index contributed by atoms with van der Waals surface area (Å²) in [6, 6.07) is 8.26. The van der Waals surface area contributed by atoms with Crippen LogP contribution < -0.4 is 10.3 Å². The summed E-state index contributed by atoms with van der Waals surface area (Å²) >= 11 is 0. The Morgan fingerprint density at radius 1 is 1.19 bits per heavy atom. The summed E-state index contributed by atoms with van der Waals surface area (Å²) in [4.78, 5) is 20.4. The van der Waals surface area contributed by atoms with Crippen LogP contribution in [0.1, 0.15) is 37.1 Å². The van der Waals surface area contributed by atoms with Gasteiger partial charge in [-0.25, -0.2) is 4.98 Å². The third kappa shape index (κ3) is 7.40. The third-order valence-corrected chi connectivity index (χ3v) is 4.41. The van der Waals surface area contributed by atoms with Crippen molar-refractivity contribution < 1.29 is 9.84 Å². The van der Waals surface area contributed by atoms with Crippen LogP contribution in [0.15, 0.2) is 35.3 Å². The summed E-state index contributed by atoms with van der Waals surface area (Å²) < 4.78 is 5.82. The lowest BCUT2D eigenvalue weighted by molar-refractivity contribution is 0.220. The molecule has 0 aliphatic carbocycles. The molecule has 6 nitrogen and oxygen atoms in total. The Balaban J connectivity index is 0.00000182. The maximum absolute atomic E-state index is 11.3. The Labute approximate surface area is 171 Å². The van der Waals surface area contributed by atoms with Crippen LogP contribution in [0.2, 0.25) is 0 Å². The van der Waals surface area contributed by atoms with Crippen LogP contribution in [-0.4, -0.2) is 39.7 Å². The number of aryl methyl sites for hydroxylation is 1. The van der Waals surface area contributed by atoms with E-state index in [-0.39, 0.29) is 30.6 Å². The van der Waals surface area contributed by atoms with Crippen molar-refractivity contribution in [2.45, 2.75) is 38.6 Å². The highest BCUT2D eigenvalue weighted by Crippen LogP contribution is 2.17. The monoisotopic (exact) mass is 415 g/mol. The molecule has 0 amide bonds. The predicted octanol–water partition coefficient (Wildman–Crippen LogP) is 3.32. The van der Waals surface area contributed by atoms with E-state index in [1.165, 1.54) is 44.1 Å². The molecule has 0 atom stereocenters. The van der Waals surface area contributed by atoms with Gasteiger partial charge in [0.15, 0.2) is 5.75 Å². The first-order chi connectivity index (χ1) is 12.2. The number of aromatic amines is 1. The molecule has 0 unspecified atom stereocenters. The molecule has 8 heteroatoms. The number of ether oxygens (including phenoxy) is 1. The number of piperidine rings is 1. The van der Waals surface area contributed by atoms with Gasteiger partial charge in [0.05, 0.1) is 12.8 Å². The lowest BCUT2D eigenvalue weighted by atomic mass is 10.1. The summed E-state index contributed by atoms with van der Waals surface area (Å²) in [6.07, 6.45) is 6.46. The van der Waals surface area contributed by atoms with Gasteiger partial charge in [-0.3, -0.25) is 9.69 Å². The summed E-state index contributed by atoms with van der Waals surface area (Å²) in [7, 11) is 0. The largest absolute Gasteiger partial charge is 0.502 e. The average Bonchev–Trinajstić information content (AvgIpc) is 2.63. The zero-order valence-corrected chi connectivity index (χ0v) is 16.9. The number of hydrogen-bond acceptors (Lipinski definition) is 5. The third-order valence-electron chi connectivity index (χ3n) is 4.41. The Kier molecular flexibility index (Phi) is 10.2. The van der Waals surface area contributed by atoms with Crippen LogP contribution >= 0.6 is 24.8 Å². The Morgan fingerprint density at radius 2 is 1.96 bits per heavy atom. The van der Waals surface area contributed by atoms with Crippen molar-refractivity contribution in [2.24, 2.45) is 0 Å². The average molecular weight is 416 g/mol. The van der Waals surface area contributed by atoms with Crippen molar-refractivity contribution in [3.8, 4) is 11.5 Å². The summed E-state index contributed by atoms with van der Waals surface area (Å²) in [5.74, 6) is 1.08. The molecule has 1 aliphatic heterocycles. The second-order valence-electron chi connectivity index (χ2n) is 6.48. The quantitative estimate of drug-likeness (QED) is 0.678. The first-order valence-electron chi connectivity index (χ1n) is 8.92. The molecule has 2 aromatic rings. The fourth-order valence-electron chi connectivity index (χ4n) is 3.09. The lowest BCUT2D eigenvalue weighted by Gasteiger charge is -2.26. The molecule has 1 aromatic carbocycles. The van der Waals surface area contributed by atoms with Crippen LogP contribution in [-0.2, 0) is 13.0 Å². The second kappa shape index (κ2) is 11.8. The summed E-state index contributed by atoms with van der Waals surface area (Å²) in [6.45, 7) is 3.90. The van der Waals surface area contributed by atoms with E-state index in [0.29, 0.717) is 18.9 Å². The minimum absolute atomic E-state index is 0. The Morgan fingerprint density at radius 3 is 2.70 bits per heavy atom. The zero-order valence-electron chi connectivity index (χ0n) is 15.2. The van der Waals surface area contributed by atoms with E-state index in [9.17, 15) is 9.90 Å². The van der Waals surface area contributed by atoms with Crippen LogP contribution in [0, 0.1) is 0 Å². The molecule has 2 heterocycles. The van der Waals surface area contributed by atoms with Gasteiger partial charge >= 0.3 is 0 Å². The normalized spacial score (nSPS) is 14.1. The van der Waals surface area contributed by atoms with E-state index in [1.54, 1.807) is 0 Å². The van der Waals surface area contributed by atoms with Gasteiger partial charge in [0.25, 0.3) is 5.56 Å². The van der Waals surface area contributed by atoms with E-state index >= 15 is 0 Å². The highest BCUT2D eigenvalue weighted by Gasteiger charge is 2.10. The number of hydrogen-bond donors (Lipinski definition) is 2. The summed E-state index contributed by atoms with van der Waals surface area (Å²) in [5, 5.41) is 9.17. The number of aromatic nitrogens is 2. The van der Waals surface area contributed by atoms with Crippen molar-refractivity contribution in [2.75, 3.05) is 19.7 Å².